The summed E-state index contributed by atoms with van der Waals surface area (Å²) in [7, 11) is 2.60. The second kappa shape index (κ2) is 14.5. The summed E-state index contributed by atoms with van der Waals surface area (Å²) in [5.74, 6) is -0.269. The molecule has 0 rings (SSSR count). The Morgan fingerprint density at radius 1 is 0.920 bits per heavy atom. The summed E-state index contributed by atoms with van der Waals surface area (Å²) < 4.78 is 21.7. The lowest BCUT2D eigenvalue weighted by atomic mass is 10.1. The molecule has 0 aromatic carbocycles. The first-order chi connectivity index (χ1) is 11.9. The van der Waals surface area contributed by atoms with Crippen LogP contribution < -0.4 is 0 Å². The zero-order valence-corrected chi connectivity index (χ0v) is 17.9. The molecular formula is C19H38O5Si. The predicted octanol–water partition coefficient (Wildman–Crippen LogP) is 4.88. The zero-order chi connectivity index (χ0) is 19.1. The van der Waals surface area contributed by atoms with Crippen molar-refractivity contribution in [3.05, 3.63) is 12.2 Å². The topological polar surface area (TPSA) is 54.0 Å². The van der Waals surface area contributed by atoms with Crippen molar-refractivity contribution in [3.63, 3.8) is 0 Å². The Hall–Kier alpha value is -0.693. The second-order valence-corrected chi connectivity index (χ2v) is 9.62. The molecule has 148 valence electrons. The Balaban J connectivity index is 3.66. The van der Waals surface area contributed by atoms with Crippen molar-refractivity contribution in [2.24, 2.45) is 0 Å². The van der Waals surface area contributed by atoms with Gasteiger partial charge in [-0.25, -0.2) is 4.79 Å². The summed E-state index contributed by atoms with van der Waals surface area (Å²) in [5.41, 5.74) is 0.473. The van der Waals surface area contributed by atoms with Crippen molar-refractivity contribution >= 4 is 14.8 Å². The summed E-state index contributed by atoms with van der Waals surface area (Å²) in [4.78, 5) is 11.5. The fourth-order valence-corrected chi connectivity index (χ4v) is 4.55. The molecule has 0 fully saturated rings. The van der Waals surface area contributed by atoms with Gasteiger partial charge in [-0.1, -0.05) is 45.6 Å². The Morgan fingerprint density at radius 2 is 1.40 bits per heavy atom. The number of carbonyl (C=O) groups is 1. The van der Waals surface area contributed by atoms with Gasteiger partial charge in [0.05, 0.1) is 0 Å². The van der Waals surface area contributed by atoms with Gasteiger partial charge in [-0.15, -0.1) is 0 Å². The van der Waals surface area contributed by atoms with E-state index < -0.39 is 8.80 Å². The van der Waals surface area contributed by atoms with E-state index in [1.807, 2.05) is 0 Å². The molecule has 0 aliphatic heterocycles. The van der Waals surface area contributed by atoms with Crippen LogP contribution in [-0.4, -0.2) is 42.2 Å². The molecule has 1 atom stereocenters. The molecule has 0 aromatic rings. The lowest BCUT2D eigenvalue weighted by molar-refractivity contribution is -0.144. The van der Waals surface area contributed by atoms with Gasteiger partial charge in [0.1, 0.15) is 6.10 Å². The first-order valence-electron chi connectivity index (χ1n) is 9.46. The number of rotatable bonds is 16. The summed E-state index contributed by atoms with van der Waals surface area (Å²) in [6.45, 7) is 7.37. The minimum absolute atomic E-state index is 0.0272. The van der Waals surface area contributed by atoms with Crippen LogP contribution in [-0.2, 0) is 22.8 Å². The molecule has 6 heteroatoms. The fraction of sp³-hybridized carbons (Fsp3) is 0.842. The number of unbranched alkanes of at least 4 members (excludes halogenated alkanes) is 6. The molecule has 5 nitrogen and oxygen atoms in total. The van der Waals surface area contributed by atoms with Crippen LogP contribution in [0.15, 0.2) is 12.2 Å². The molecule has 1 unspecified atom stereocenters. The van der Waals surface area contributed by atoms with Crippen molar-refractivity contribution in [1.82, 2.24) is 0 Å². The van der Waals surface area contributed by atoms with Gasteiger partial charge >= 0.3 is 14.8 Å². The van der Waals surface area contributed by atoms with Crippen molar-refractivity contribution in [2.75, 3.05) is 21.3 Å². The maximum atomic E-state index is 11.5. The third kappa shape index (κ3) is 10.8. The van der Waals surface area contributed by atoms with E-state index in [-0.39, 0.29) is 12.1 Å². The van der Waals surface area contributed by atoms with E-state index in [4.69, 9.17) is 18.0 Å². The highest BCUT2D eigenvalue weighted by Gasteiger charge is 2.36. The molecule has 0 saturated heterocycles. The summed E-state index contributed by atoms with van der Waals surface area (Å²) in [5, 5.41) is 0. The van der Waals surface area contributed by atoms with E-state index in [1.54, 1.807) is 28.3 Å². The molecule has 0 aliphatic rings. The SMILES string of the molecule is C=C(C)C(=O)OC(CC)CCCCCCCCC[Si](OC)(OC)OC. The number of ether oxygens (including phenoxy) is 1. The minimum Gasteiger partial charge on any atom is -0.459 e. The molecule has 0 aliphatic carbocycles. The van der Waals surface area contributed by atoms with Gasteiger partial charge in [0.15, 0.2) is 0 Å². The van der Waals surface area contributed by atoms with Gasteiger partial charge in [0, 0.05) is 32.9 Å². The van der Waals surface area contributed by atoms with Crippen LogP contribution >= 0.6 is 0 Å². The number of hydrogen-bond donors (Lipinski definition) is 0. The lowest BCUT2D eigenvalue weighted by Crippen LogP contribution is -2.42. The first kappa shape index (κ1) is 24.3. The Morgan fingerprint density at radius 3 is 1.84 bits per heavy atom. The van der Waals surface area contributed by atoms with Crippen molar-refractivity contribution in [3.8, 4) is 0 Å². The standard InChI is InChI=1S/C19H38O5Si/c1-7-18(24-19(20)17(2)3)15-13-11-9-8-10-12-14-16-25(21-4,22-5)23-6/h18H,2,7-16H2,1,3-6H3. The third-order valence-corrected chi connectivity index (χ3v) is 7.35. The van der Waals surface area contributed by atoms with Crippen LogP contribution in [0, 0.1) is 0 Å². The average molecular weight is 375 g/mol. The van der Waals surface area contributed by atoms with Crippen molar-refractivity contribution in [2.45, 2.75) is 83.8 Å². The molecule has 0 amide bonds. The number of esters is 1. The predicted molar refractivity (Wildman–Crippen MR) is 104 cm³/mol. The van der Waals surface area contributed by atoms with E-state index in [2.05, 4.69) is 13.5 Å². The smallest absolute Gasteiger partial charge is 0.459 e. The molecule has 0 radical (unpaired) electrons. The van der Waals surface area contributed by atoms with E-state index in [9.17, 15) is 4.79 Å². The zero-order valence-electron chi connectivity index (χ0n) is 16.9. The van der Waals surface area contributed by atoms with Gasteiger partial charge in [-0.2, -0.15) is 0 Å². The minimum atomic E-state index is -2.38. The van der Waals surface area contributed by atoms with Crippen LogP contribution in [0.2, 0.25) is 6.04 Å². The first-order valence-corrected chi connectivity index (χ1v) is 11.4. The Kier molecular flexibility index (Phi) is 14.1. The molecule has 0 bridgehead atoms. The molecule has 0 spiro atoms. The van der Waals surface area contributed by atoms with Crippen LogP contribution in [0.25, 0.3) is 0 Å². The highest BCUT2D eigenvalue weighted by molar-refractivity contribution is 6.60. The van der Waals surface area contributed by atoms with Gasteiger partial charge < -0.3 is 18.0 Å². The normalized spacial score (nSPS) is 12.8. The number of hydrogen-bond acceptors (Lipinski definition) is 5. The van der Waals surface area contributed by atoms with Crippen LogP contribution in [0.4, 0.5) is 0 Å². The number of carbonyl (C=O) groups excluding carboxylic acids is 1. The monoisotopic (exact) mass is 374 g/mol. The van der Waals surface area contributed by atoms with Crippen LogP contribution in [0.3, 0.4) is 0 Å². The van der Waals surface area contributed by atoms with Gasteiger partial charge in [-0.05, 0) is 32.6 Å². The van der Waals surface area contributed by atoms with E-state index >= 15 is 0 Å². The maximum absolute atomic E-state index is 11.5. The van der Waals surface area contributed by atoms with Crippen LogP contribution in [0.1, 0.15) is 71.6 Å². The summed E-state index contributed by atoms with van der Waals surface area (Å²) >= 11 is 0. The van der Waals surface area contributed by atoms with E-state index in [0.717, 1.165) is 31.7 Å². The van der Waals surface area contributed by atoms with Crippen molar-refractivity contribution in [1.29, 1.82) is 0 Å². The largest absolute Gasteiger partial charge is 0.500 e. The van der Waals surface area contributed by atoms with E-state index in [1.165, 1.54) is 32.1 Å². The van der Waals surface area contributed by atoms with Crippen molar-refractivity contribution < 1.29 is 22.8 Å². The summed E-state index contributed by atoms with van der Waals surface area (Å²) in [6.07, 6.45) is 10.1. The third-order valence-electron chi connectivity index (χ3n) is 4.52. The highest BCUT2D eigenvalue weighted by Crippen LogP contribution is 2.19. The Labute approximate surface area is 155 Å². The molecule has 0 N–H and O–H groups in total. The lowest BCUT2D eigenvalue weighted by Gasteiger charge is -2.24. The average Bonchev–Trinajstić information content (AvgIpc) is 2.62. The second-order valence-electron chi connectivity index (χ2n) is 6.52. The van der Waals surface area contributed by atoms with Gasteiger partial charge in [0.25, 0.3) is 0 Å². The quantitative estimate of drug-likeness (QED) is 0.167. The highest BCUT2D eigenvalue weighted by atomic mass is 28.4. The molecule has 25 heavy (non-hydrogen) atoms. The summed E-state index contributed by atoms with van der Waals surface area (Å²) in [6, 6.07) is 0.878. The fourth-order valence-electron chi connectivity index (χ4n) is 2.75. The Bertz CT molecular complexity index is 361. The van der Waals surface area contributed by atoms with Gasteiger partial charge in [0.2, 0.25) is 0 Å². The molecule has 0 saturated carbocycles. The molecule has 0 heterocycles. The maximum Gasteiger partial charge on any atom is 0.500 e. The molecular weight excluding hydrogens is 336 g/mol. The van der Waals surface area contributed by atoms with Gasteiger partial charge in [-0.3, -0.25) is 0 Å². The molecule has 0 aromatic heterocycles. The van der Waals surface area contributed by atoms with Crippen LogP contribution in [0.5, 0.6) is 0 Å². The van der Waals surface area contributed by atoms with E-state index in [0.29, 0.717) is 5.57 Å².